The van der Waals surface area contributed by atoms with Gasteiger partial charge in [0.25, 0.3) is 5.91 Å². The van der Waals surface area contributed by atoms with Gasteiger partial charge in [-0.05, 0) is 6.92 Å². The Kier molecular flexibility index (Phi) is 0.749. The van der Waals surface area contributed by atoms with Crippen LogP contribution in [0.15, 0.2) is 9.98 Å². The number of rotatable bonds is 0. The van der Waals surface area contributed by atoms with Crippen molar-refractivity contribution in [2.45, 2.75) is 6.92 Å². The number of aliphatic imine (C=N–C) groups is 2. The number of hydrogen-bond acceptors (Lipinski definition) is 2. The van der Waals surface area contributed by atoms with Gasteiger partial charge >= 0.3 is 0 Å². The van der Waals surface area contributed by atoms with Gasteiger partial charge in [0, 0.05) is 0 Å². The van der Waals surface area contributed by atoms with Crippen LogP contribution in [0.25, 0.3) is 0 Å². The lowest BCUT2D eigenvalue weighted by Gasteiger charge is -1.70. The van der Waals surface area contributed by atoms with Crippen LogP contribution >= 0.6 is 0 Å². The maximum Gasteiger partial charge on any atom is 0.289 e. The zero-order valence-electron chi connectivity index (χ0n) is 3.88. The number of amidine groups is 1. The van der Waals surface area contributed by atoms with Gasteiger partial charge in [-0.2, -0.15) is 4.99 Å². The molecule has 0 aliphatic carbocycles. The molecule has 0 atom stereocenters. The van der Waals surface area contributed by atoms with Gasteiger partial charge in [0.1, 0.15) is 5.84 Å². The summed E-state index contributed by atoms with van der Waals surface area (Å²) in [6, 6.07) is 0. The first kappa shape index (κ1) is 4.18. The molecule has 0 aromatic heterocycles. The Hall–Kier alpha value is -0.990. The highest BCUT2D eigenvalue weighted by molar-refractivity contribution is 6.34. The summed E-state index contributed by atoms with van der Waals surface area (Å²) < 4.78 is 0. The quantitative estimate of drug-likeness (QED) is 0.419. The topological polar surface area (TPSA) is 41.8 Å². The minimum atomic E-state index is -0.252. The van der Waals surface area contributed by atoms with E-state index in [1.807, 2.05) is 0 Å². The Morgan fingerprint density at radius 2 is 2.43 bits per heavy atom. The highest BCUT2D eigenvalue weighted by atomic mass is 16.1. The van der Waals surface area contributed by atoms with Crippen LogP contribution in [-0.2, 0) is 4.79 Å². The summed E-state index contributed by atoms with van der Waals surface area (Å²) >= 11 is 0. The first-order chi connectivity index (χ1) is 3.29. The molecule has 36 valence electrons. The van der Waals surface area contributed by atoms with Gasteiger partial charge in [-0.1, -0.05) is 0 Å². The molecular weight excluding hydrogens is 92.1 g/mol. The molecule has 0 saturated heterocycles. The highest BCUT2D eigenvalue weighted by Gasteiger charge is 1.99. The van der Waals surface area contributed by atoms with Crippen LogP contribution in [0, 0.1) is 0 Å². The molecular formula is C4H4N2O. The third-order valence-electron chi connectivity index (χ3n) is 0.634. The smallest absolute Gasteiger partial charge is 0.266 e. The average molecular weight is 96.1 g/mol. The predicted octanol–water partition coefficient (Wildman–Crippen LogP) is 0.0158. The second-order valence-electron chi connectivity index (χ2n) is 1.26. The van der Waals surface area contributed by atoms with Crippen molar-refractivity contribution in [3.63, 3.8) is 0 Å². The van der Waals surface area contributed by atoms with Gasteiger partial charge in [0.2, 0.25) is 0 Å². The molecule has 7 heavy (non-hydrogen) atoms. The molecule has 0 unspecified atom stereocenters. The molecule has 0 fully saturated rings. The second-order valence-corrected chi connectivity index (χ2v) is 1.26. The molecule has 1 aliphatic rings. The molecule has 1 rings (SSSR count). The third-order valence-corrected chi connectivity index (χ3v) is 0.634. The van der Waals surface area contributed by atoms with Crippen LogP contribution in [-0.4, -0.2) is 18.0 Å². The van der Waals surface area contributed by atoms with E-state index >= 15 is 0 Å². The fourth-order valence-electron chi connectivity index (χ4n) is 0.366. The van der Waals surface area contributed by atoms with Crippen LogP contribution in [0.3, 0.4) is 0 Å². The molecule has 0 bridgehead atoms. The third kappa shape index (κ3) is 0.707. The Bertz CT molecular complexity index is 157. The zero-order chi connectivity index (χ0) is 5.28. The summed E-state index contributed by atoms with van der Waals surface area (Å²) in [5, 5.41) is 0. The number of hydrogen-bond donors (Lipinski definition) is 0. The minimum absolute atomic E-state index is 0.252. The molecule has 0 aromatic rings. The summed E-state index contributed by atoms with van der Waals surface area (Å²) in [6.45, 7) is 1.68. The van der Waals surface area contributed by atoms with Crippen molar-refractivity contribution in [1.82, 2.24) is 0 Å². The monoisotopic (exact) mass is 96.0 g/mol. The van der Waals surface area contributed by atoms with E-state index in [9.17, 15) is 4.79 Å². The minimum Gasteiger partial charge on any atom is -0.266 e. The van der Waals surface area contributed by atoms with E-state index in [-0.39, 0.29) is 5.91 Å². The Balaban J connectivity index is 2.88. The number of carbonyl (C=O) groups is 1. The summed E-state index contributed by atoms with van der Waals surface area (Å²) in [5.41, 5.74) is 0. The summed E-state index contributed by atoms with van der Waals surface area (Å²) in [4.78, 5) is 17.2. The van der Waals surface area contributed by atoms with Crippen molar-refractivity contribution < 1.29 is 4.79 Å². The van der Waals surface area contributed by atoms with Crippen LogP contribution in [0.5, 0.6) is 0 Å². The van der Waals surface area contributed by atoms with Crippen LogP contribution in [0.4, 0.5) is 0 Å². The number of amides is 1. The fraction of sp³-hybridized carbons (Fsp3) is 0.250. The molecule has 0 N–H and O–H groups in total. The van der Waals surface area contributed by atoms with Crippen molar-refractivity contribution in [2.24, 2.45) is 9.98 Å². The van der Waals surface area contributed by atoms with Crippen LogP contribution < -0.4 is 0 Å². The van der Waals surface area contributed by atoms with Crippen molar-refractivity contribution in [2.75, 3.05) is 0 Å². The van der Waals surface area contributed by atoms with Crippen molar-refractivity contribution in [3.05, 3.63) is 0 Å². The molecule has 0 saturated carbocycles. The normalized spacial score (nSPS) is 17.9. The van der Waals surface area contributed by atoms with Crippen molar-refractivity contribution in [3.8, 4) is 0 Å². The van der Waals surface area contributed by atoms with Crippen LogP contribution in [0.2, 0.25) is 0 Å². The lowest BCUT2D eigenvalue weighted by atomic mass is 10.7. The summed E-state index contributed by atoms with van der Waals surface area (Å²) in [6.07, 6.45) is 1.20. The maximum atomic E-state index is 10.1. The van der Waals surface area contributed by atoms with E-state index in [1.54, 1.807) is 6.92 Å². The Morgan fingerprint density at radius 1 is 1.71 bits per heavy atom. The summed E-state index contributed by atoms with van der Waals surface area (Å²) in [7, 11) is 0. The number of nitrogens with zero attached hydrogens (tertiary/aromatic N) is 2. The fourth-order valence-corrected chi connectivity index (χ4v) is 0.366. The van der Waals surface area contributed by atoms with Gasteiger partial charge in [0.05, 0.1) is 6.21 Å². The molecule has 0 aromatic carbocycles. The number of carbonyl (C=O) groups excluding carboxylic acids is 1. The lowest BCUT2D eigenvalue weighted by Crippen LogP contribution is -1.85. The molecule has 3 nitrogen and oxygen atoms in total. The first-order valence-corrected chi connectivity index (χ1v) is 1.92. The van der Waals surface area contributed by atoms with E-state index in [0.29, 0.717) is 5.84 Å². The maximum absolute atomic E-state index is 10.1. The lowest BCUT2D eigenvalue weighted by molar-refractivity contribution is -0.111. The first-order valence-electron chi connectivity index (χ1n) is 1.92. The Morgan fingerprint density at radius 3 is 2.57 bits per heavy atom. The molecule has 1 heterocycles. The Labute approximate surface area is 40.8 Å². The highest BCUT2D eigenvalue weighted by Crippen LogP contribution is 1.86. The molecule has 1 amide bonds. The van der Waals surface area contributed by atoms with Crippen molar-refractivity contribution >= 4 is 18.0 Å². The largest absolute Gasteiger partial charge is 0.289 e. The second kappa shape index (κ2) is 1.26. The molecule has 1 aliphatic heterocycles. The van der Waals surface area contributed by atoms with Gasteiger partial charge in [-0.3, -0.25) is 4.79 Å². The standard InChI is InChI=1S/C4H4N2O/c1-3-5-2-4(7)6-3/h2H,1H3. The van der Waals surface area contributed by atoms with Gasteiger partial charge in [-0.15, -0.1) is 0 Å². The van der Waals surface area contributed by atoms with Crippen LogP contribution in [0.1, 0.15) is 6.92 Å². The zero-order valence-corrected chi connectivity index (χ0v) is 3.88. The van der Waals surface area contributed by atoms with E-state index in [0.717, 1.165) is 0 Å². The molecule has 3 heteroatoms. The van der Waals surface area contributed by atoms with Gasteiger partial charge in [-0.25, -0.2) is 4.99 Å². The van der Waals surface area contributed by atoms with Gasteiger partial charge < -0.3 is 0 Å². The summed E-state index contributed by atoms with van der Waals surface area (Å²) in [5.74, 6) is 0.294. The molecule has 0 radical (unpaired) electrons. The van der Waals surface area contributed by atoms with E-state index in [4.69, 9.17) is 0 Å². The van der Waals surface area contributed by atoms with E-state index in [2.05, 4.69) is 9.98 Å². The average Bonchev–Trinajstić information content (AvgIpc) is 1.87. The van der Waals surface area contributed by atoms with E-state index < -0.39 is 0 Å². The van der Waals surface area contributed by atoms with Gasteiger partial charge in [0.15, 0.2) is 0 Å². The predicted molar refractivity (Wildman–Crippen MR) is 26.6 cm³/mol. The van der Waals surface area contributed by atoms with Crippen molar-refractivity contribution in [1.29, 1.82) is 0 Å². The molecule has 0 spiro atoms. The SMILES string of the molecule is CC1=NC(=O)C=N1. The van der Waals surface area contributed by atoms with E-state index in [1.165, 1.54) is 6.21 Å².